The van der Waals surface area contributed by atoms with E-state index in [4.69, 9.17) is 21.1 Å². The first-order chi connectivity index (χ1) is 11.0. The third-order valence-corrected chi connectivity index (χ3v) is 5.81. The van der Waals surface area contributed by atoms with Crippen molar-refractivity contribution in [2.75, 3.05) is 13.7 Å². The first-order valence-electron chi connectivity index (χ1n) is 7.85. The van der Waals surface area contributed by atoms with E-state index in [9.17, 15) is 9.18 Å². The van der Waals surface area contributed by atoms with E-state index >= 15 is 0 Å². The molecule has 1 aromatic rings. The van der Waals surface area contributed by atoms with E-state index in [0.29, 0.717) is 12.4 Å². The van der Waals surface area contributed by atoms with Crippen LogP contribution >= 0.6 is 11.6 Å². The van der Waals surface area contributed by atoms with Gasteiger partial charge in [0.15, 0.2) is 0 Å². The molecule has 23 heavy (non-hydrogen) atoms. The van der Waals surface area contributed by atoms with E-state index in [0.717, 1.165) is 38.5 Å². The smallest absolute Gasteiger partial charge is 0.207 e. The minimum Gasteiger partial charge on any atom is -0.493 e. The molecule has 1 amide bonds. The van der Waals surface area contributed by atoms with Gasteiger partial charge in [-0.2, -0.15) is 0 Å². The molecule has 126 valence electrons. The van der Waals surface area contributed by atoms with Crippen LogP contribution in [0.3, 0.4) is 0 Å². The Labute approximate surface area is 140 Å². The number of fused-ring (bicyclic) bond motifs is 3. The predicted molar refractivity (Wildman–Crippen MR) is 85.2 cm³/mol. The van der Waals surface area contributed by atoms with Crippen LogP contribution in [-0.2, 0) is 9.53 Å². The highest BCUT2D eigenvalue weighted by Crippen LogP contribution is 2.53. The number of hydrogen-bond donors (Lipinski definition) is 1. The summed E-state index contributed by atoms with van der Waals surface area (Å²) in [5, 5.41) is 3.07. The number of carbonyl (C=O) groups is 1. The molecule has 0 saturated heterocycles. The van der Waals surface area contributed by atoms with Crippen molar-refractivity contribution in [2.45, 2.75) is 43.7 Å². The highest BCUT2D eigenvalue weighted by Gasteiger charge is 2.55. The van der Waals surface area contributed by atoms with Crippen LogP contribution in [0, 0.1) is 11.2 Å². The first-order valence-corrected chi connectivity index (χ1v) is 8.22. The van der Waals surface area contributed by atoms with Gasteiger partial charge in [0.25, 0.3) is 0 Å². The van der Waals surface area contributed by atoms with Gasteiger partial charge in [-0.05, 0) is 44.2 Å². The van der Waals surface area contributed by atoms with Crippen molar-refractivity contribution in [2.24, 2.45) is 5.41 Å². The van der Waals surface area contributed by atoms with Gasteiger partial charge in [-0.3, -0.25) is 4.79 Å². The monoisotopic (exact) mass is 341 g/mol. The lowest BCUT2D eigenvalue weighted by molar-refractivity contribution is -0.130. The fraction of sp³-hybridized carbons (Fsp3) is 0.588. The zero-order valence-electron chi connectivity index (χ0n) is 13.1. The molecule has 3 aliphatic rings. The number of nitrogens with one attached hydrogen (secondary N) is 1. The molecule has 1 N–H and O–H groups in total. The fourth-order valence-electron chi connectivity index (χ4n) is 4.01. The van der Waals surface area contributed by atoms with Crippen LogP contribution in [0.4, 0.5) is 4.39 Å². The molecule has 4 rings (SSSR count). The quantitative estimate of drug-likeness (QED) is 0.807. The Morgan fingerprint density at radius 3 is 2.74 bits per heavy atom. The summed E-state index contributed by atoms with van der Waals surface area (Å²) in [5.41, 5.74) is -0.228. The van der Waals surface area contributed by atoms with Crippen molar-refractivity contribution in [3.05, 3.63) is 29.0 Å². The second kappa shape index (κ2) is 6.29. The number of methoxy groups -OCH3 is 1. The Kier molecular flexibility index (Phi) is 4.52. The molecular weight excluding hydrogens is 321 g/mol. The molecule has 6 heteroatoms. The molecule has 4 nitrogen and oxygen atoms in total. The summed E-state index contributed by atoms with van der Waals surface area (Å²) in [6.45, 7) is 0.519. The number of ether oxygens (including phenoxy) is 2. The highest BCUT2D eigenvalue weighted by atomic mass is 35.5. The second-order valence-electron chi connectivity index (χ2n) is 6.71. The van der Waals surface area contributed by atoms with Gasteiger partial charge in [0.05, 0.1) is 23.3 Å². The van der Waals surface area contributed by atoms with Gasteiger partial charge >= 0.3 is 0 Å². The van der Waals surface area contributed by atoms with E-state index < -0.39 is 5.82 Å². The molecular formula is C17H21ClFNO3. The average Bonchev–Trinajstić information content (AvgIpc) is 2.57. The Morgan fingerprint density at radius 2 is 2.13 bits per heavy atom. The van der Waals surface area contributed by atoms with Crippen LogP contribution in [0.2, 0.25) is 5.02 Å². The zero-order chi connectivity index (χ0) is 16.5. The van der Waals surface area contributed by atoms with Crippen molar-refractivity contribution in [3.63, 3.8) is 0 Å². The molecule has 1 unspecified atom stereocenters. The maximum absolute atomic E-state index is 13.5. The van der Waals surface area contributed by atoms with Crippen molar-refractivity contribution < 1.29 is 18.7 Å². The normalized spacial score (nSPS) is 32.6. The number of hydrogen-bond acceptors (Lipinski definition) is 3. The largest absolute Gasteiger partial charge is 0.493 e. The Hall–Kier alpha value is -1.33. The van der Waals surface area contributed by atoms with Crippen molar-refractivity contribution in [1.29, 1.82) is 0 Å². The lowest BCUT2D eigenvalue weighted by Gasteiger charge is -2.56. The summed E-state index contributed by atoms with van der Waals surface area (Å²) in [4.78, 5) is 10.9. The molecule has 1 atom stereocenters. The van der Waals surface area contributed by atoms with Gasteiger partial charge in [-0.1, -0.05) is 11.6 Å². The molecule has 0 heterocycles. The van der Waals surface area contributed by atoms with Gasteiger partial charge in [-0.25, -0.2) is 4.39 Å². The number of rotatable bonds is 6. The van der Waals surface area contributed by atoms with Crippen LogP contribution in [0.5, 0.6) is 5.75 Å². The van der Waals surface area contributed by atoms with Gasteiger partial charge < -0.3 is 14.8 Å². The van der Waals surface area contributed by atoms with Gasteiger partial charge in [-0.15, -0.1) is 0 Å². The van der Waals surface area contributed by atoms with Gasteiger partial charge in [0.2, 0.25) is 6.41 Å². The molecule has 0 aromatic heterocycles. The second-order valence-corrected chi connectivity index (χ2v) is 7.12. The number of amides is 1. The molecule has 1 aromatic carbocycles. The van der Waals surface area contributed by atoms with E-state index in [-0.39, 0.29) is 22.1 Å². The maximum atomic E-state index is 13.5. The van der Waals surface area contributed by atoms with Crippen LogP contribution < -0.4 is 10.1 Å². The van der Waals surface area contributed by atoms with Crippen molar-refractivity contribution >= 4 is 18.0 Å². The number of halogens is 2. The van der Waals surface area contributed by atoms with Crippen LogP contribution in [-0.4, -0.2) is 31.8 Å². The molecule has 3 fully saturated rings. The predicted octanol–water partition coefficient (Wildman–Crippen LogP) is 3.32. The van der Waals surface area contributed by atoms with E-state index in [1.54, 1.807) is 13.2 Å². The summed E-state index contributed by atoms with van der Waals surface area (Å²) in [6.07, 6.45) is 5.27. The van der Waals surface area contributed by atoms with E-state index in [2.05, 4.69) is 5.32 Å². The summed E-state index contributed by atoms with van der Waals surface area (Å²) in [7, 11) is 1.68. The molecule has 0 radical (unpaired) electrons. The molecule has 2 bridgehead atoms. The molecule has 0 aliphatic heterocycles. The number of benzene rings is 1. The Balaban J connectivity index is 1.69. The third kappa shape index (κ3) is 3.04. The lowest BCUT2D eigenvalue weighted by Crippen LogP contribution is -2.64. The minimum absolute atomic E-state index is 0.0132. The summed E-state index contributed by atoms with van der Waals surface area (Å²) < 4.78 is 25.0. The van der Waals surface area contributed by atoms with Crippen LogP contribution in [0.25, 0.3) is 0 Å². The Bertz CT molecular complexity index is 587. The minimum atomic E-state index is -0.474. The summed E-state index contributed by atoms with van der Waals surface area (Å²) in [6, 6.07) is 4.50. The van der Waals surface area contributed by atoms with E-state index in [1.807, 2.05) is 0 Å². The first kappa shape index (κ1) is 16.5. The van der Waals surface area contributed by atoms with Crippen LogP contribution in [0.1, 0.15) is 32.1 Å². The standard InChI is InChI=1S/C17H21ClFNO3/c1-22-15-9-16(4-6-17(15,7-5-16)20-11-21)10-23-12-2-3-13(18)14(19)8-12/h2-3,8,11,15H,4-7,9-10H2,1H3,(H,20,21). The lowest BCUT2D eigenvalue weighted by atomic mass is 9.56. The van der Waals surface area contributed by atoms with Crippen LogP contribution in [0.15, 0.2) is 18.2 Å². The molecule has 0 spiro atoms. The number of carbonyl (C=O) groups excluding carboxylic acids is 1. The maximum Gasteiger partial charge on any atom is 0.207 e. The fourth-order valence-corrected chi connectivity index (χ4v) is 4.13. The average molecular weight is 342 g/mol. The Morgan fingerprint density at radius 1 is 1.39 bits per heavy atom. The zero-order valence-corrected chi connectivity index (χ0v) is 13.9. The van der Waals surface area contributed by atoms with E-state index in [1.165, 1.54) is 12.1 Å². The molecule has 3 saturated carbocycles. The van der Waals surface area contributed by atoms with Crippen molar-refractivity contribution in [3.8, 4) is 5.75 Å². The van der Waals surface area contributed by atoms with Gasteiger partial charge in [0.1, 0.15) is 11.6 Å². The van der Waals surface area contributed by atoms with Gasteiger partial charge in [0, 0.05) is 18.6 Å². The van der Waals surface area contributed by atoms with Crippen molar-refractivity contribution in [1.82, 2.24) is 5.32 Å². The summed E-state index contributed by atoms with van der Waals surface area (Å²) >= 11 is 5.69. The molecule has 3 aliphatic carbocycles. The third-order valence-electron chi connectivity index (χ3n) is 5.50. The summed E-state index contributed by atoms with van der Waals surface area (Å²) in [5.74, 6) is 0.0154. The topological polar surface area (TPSA) is 47.6 Å². The highest BCUT2D eigenvalue weighted by molar-refractivity contribution is 6.30. The SMILES string of the molecule is COC1CC2(COc3ccc(Cl)c(F)c3)CCC1(NC=O)CC2.